The lowest BCUT2D eigenvalue weighted by Crippen LogP contribution is -2.34. The van der Waals surface area contributed by atoms with Crippen LogP contribution in [0.15, 0.2) is 71.8 Å². The fourth-order valence-electron chi connectivity index (χ4n) is 2.88. The molecule has 6 nitrogen and oxygen atoms in total. The van der Waals surface area contributed by atoms with E-state index in [9.17, 15) is 4.79 Å². The van der Waals surface area contributed by atoms with Crippen molar-refractivity contribution in [3.8, 4) is 17.1 Å². The van der Waals surface area contributed by atoms with Gasteiger partial charge in [-0.2, -0.15) is 4.98 Å². The number of carbonyl (C=O) groups is 1. The maximum atomic E-state index is 12.7. The highest BCUT2D eigenvalue weighted by atomic mass is 16.5. The summed E-state index contributed by atoms with van der Waals surface area (Å²) in [4.78, 5) is 18.6. The molecule has 0 atom stereocenters. The molecule has 0 radical (unpaired) electrons. The molecule has 0 fully saturated rings. The van der Waals surface area contributed by atoms with Crippen LogP contribution in [-0.4, -0.2) is 34.1 Å². The van der Waals surface area contributed by atoms with Gasteiger partial charge in [0.25, 0.3) is 5.91 Å². The molecule has 2 aromatic carbocycles. The average molecular weight is 405 g/mol. The molecule has 156 valence electrons. The predicted molar refractivity (Wildman–Crippen MR) is 116 cm³/mol. The zero-order valence-electron chi connectivity index (χ0n) is 17.7. The Morgan fingerprint density at radius 1 is 1.13 bits per heavy atom. The number of nitrogens with zero attached hydrogens (tertiary/aromatic N) is 3. The van der Waals surface area contributed by atoms with Gasteiger partial charge in [0.05, 0.1) is 0 Å². The van der Waals surface area contributed by atoms with Crippen LogP contribution in [0.5, 0.6) is 5.75 Å². The monoisotopic (exact) mass is 405 g/mol. The number of aromatic nitrogens is 2. The first-order valence-corrected chi connectivity index (χ1v) is 9.87. The molecule has 1 amide bonds. The van der Waals surface area contributed by atoms with Crippen molar-refractivity contribution in [3.05, 3.63) is 78.7 Å². The molecule has 0 N–H and O–H groups in total. The van der Waals surface area contributed by atoms with Crippen molar-refractivity contribution in [2.24, 2.45) is 0 Å². The third-order valence-electron chi connectivity index (χ3n) is 4.61. The van der Waals surface area contributed by atoms with Crippen LogP contribution in [0.2, 0.25) is 0 Å². The van der Waals surface area contributed by atoms with Gasteiger partial charge >= 0.3 is 0 Å². The fraction of sp³-hybridized carbons (Fsp3) is 0.292. The molecule has 0 spiro atoms. The number of amides is 1. The predicted octanol–water partition coefficient (Wildman–Crippen LogP) is 4.63. The Hall–Kier alpha value is -3.41. The molecule has 0 aliphatic rings. The Morgan fingerprint density at radius 2 is 1.83 bits per heavy atom. The summed E-state index contributed by atoms with van der Waals surface area (Å²) in [5.41, 5.74) is 2.13. The van der Waals surface area contributed by atoms with Gasteiger partial charge in [-0.15, -0.1) is 6.58 Å². The summed E-state index contributed by atoms with van der Waals surface area (Å²) in [6.45, 7) is 10.7. The molecular formula is C24H27N3O3. The topological polar surface area (TPSA) is 68.5 Å². The van der Waals surface area contributed by atoms with Crippen LogP contribution in [0.3, 0.4) is 0 Å². The first kappa shape index (κ1) is 21.3. The van der Waals surface area contributed by atoms with Gasteiger partial charge in [0.1, 0.15) is 12.3 Å². The van der Waals surface area contributed by atoms with Crippen molar-refractivity contribution in [1.82, 2.24) is 15.0 Å². The molecule has 6 heteroatoms. The van der Waals surface area contributed by atoms with Crippen LogP contribution < -0.4 is 4.74 Å². The van der Waals surface area contributed by atoms with Crippen LogP contribution in [0, 0.1) is 0 Å². The van der Waals surface area contributed by atoms with Gasteiger partial charge < -0.3 is 14.2 Å². The van der Waals surface area contributed by atoms with E-state index in [0.717, 1.165) is 5.56 Å². The molecule has 0 unspecified atom stereocenters. The summed E-state index contributed by atoms with van der Waals surface area (Å²) in [6.07, 6.45) is 1.66. The van der Waals surface area contributed by atoms with Crippen molar-refractivity contribution in [3.63, 3.8) is 0 Å². The quantitative estimate of drug-likeness (QED) is 0.511. The van der Waals surface area contributed by atoms with Crippen molar-refractivity contribution in [1.29, 1.82) is 0 Å². The number of benzene rings is 2. The number of hydrogen-bond acceptors (Lipinski definition) is 5. The van der Waals surface area contributed by atoms with Crippen molar-refractivity contribution < 1.29 is 14.1 Å². The minimum atomic E-state index is -0.186. The SMILES string of the molecule is C=CCN(Cc1nc(-c2ccccc2)no1)C(=O)COc1ccc(C(C)(C)C)cc1. The van der Waals surface area contributed by atoms with Gasteiger partial charge in [-0.1, -0.05) is 74.5 Å². The van der Waals surface area contributed by atoms with Crippen molar-refractivity contribution >= 4 is 5.91 Å². The van der Waals surface area contributed by atoms with E-state index >= 15 is 0 Å². The molecule has 30 heavy (non-hydrogen) atoms. The summed E-state index contributed by atoms with van der Waals surface area (Å²) < 4.78 is 11.0. The highest BCUT2D eigenvalue weighted by molar-refractivity contribution is 5.77. The number of carbonyl (C=O) groups excluding carboxylic acids is 1. The van der Waals surface area contributed by atoms with E-state index in [0.29, 0.717) is 24.0 Å². The number of hydrogen-bond donors (Lipinski definition) is 0. The van der Waals surface area contributed by atoms with Gasteiger partial charge in [-0.05, 0) is 23.1 Å². The van der Waals surface area contributed by atoms with Gasteiger partial charge in [0.15, 0.2) is 6.61 Å². The first-order chi connectivity index (χ1) is 14.4. The highest BCUT2D eigenvalue weighted by Crippen LogP contribution is 2.24. The van der Waals surface area contributed by atoms with Crippen LogP contribution in [0.25, 0.3) is 11.4 Å². The van der Waals surface area contributed by atoms with E-state index in [2.05, 4.69) is 37.5 Å². The lowest BCUT2D eigenvalue weighted by molar-refractivity contribution is -0.133. The lowest BCUT2D eigenvalue weighted by Gasteiger charge is -2.20. The van der Waals surface area contributed by atoms with E-state index in [1.807, 2.05) is 54.6 Å². The van der Waals surface area contributed by atoms with E-state index < -0.39 is 0 Å². The second-order valence-electron chi connectivity index (χ2n) is 8.00. The summed E-state index contributed by atoms with van der Waals surface area (Å²) >= 11 is 0. The second kappa shape index (κ2) is 9.39. The molecule has 0 aliphatic heterocycles. The Labute approximate surface area is 177 Å². The molecule has 1 aromatic heterocycles. The zero-order valence-corrected chi connectivity index (χ0v) is 17.7. The van der Waals surface area contributed by atoms with E-state index in [1.165, 1.54) is 5.56 Å². The van der Waals surface area contributed by atoms with Crippen LogP contribution >= 0.6 is 0 Å². The van der Waals surface area contributed by atoms with Crippen LogP contribution in [0.1, 0.15) is 32.2 Å². The molecule has 0 aliphatic carbocycles. The maximum Gasteiger partial charge on any atom is 0.261 e. The molecule has 0 saturated carbocycles. The number of rotatable bonds is 8. The number of ether oxygens (including phenoxy) is 1. The molecule has 3 aromatic rings. The van der Waals surface area contributed by atoms with E-state index in [1.54, 1.807) is 11.0 Å². The first-order valence-electron chi connectivity index (χ1n) is 9.87. The third-order valence-corrected chi connectivity index (χ3v) is 4.61. The molecule has 0 saturated heterocycles. The summed E-state index contributed by atoms with van der Waals surface area (Å²) in [5, 5.41) is 4.00. The fourth-order valence-corrected chi connectivity index (χ4v) is 2.88. The standard InChI is InChI=1S/C24H27N3O3/c1-5-15-27(16-21-25-23(26-30-21)18-9-7-6-8-10-18)22(28)17-29-20-13-11-19(12-14-20)24(2,3)4/h5-14H,1,15-17H2,2-4H3. The normalized spacial score (nSPS) is 11.2. The second-order valence-corrected chi connectivity index (χ2v) is 8.00. The summed E-state index contributed by atoms with van der Waals surface area (Å²) in [5.74, 6) is 1.32. The smallest absolute Gasteiger partial charge is 0.261 e. The Bertz CT molecular complexity index is 973. The molecule has 3 rings (SSSR count). The van der Waals surface area contributed by atoms with Crippen molar-refractivity contribution in [2.75, 3.05) is 13.2 Å². The van der Waals surface area contributed by atoms with Gasteiger partial charge in [-0.3, -0.25) is 4.79 Å². The third kappa shape index (κ3) is 5.56. The Balaban J connectivity index is 1.61. The minimum absolute atomic E-state index is 0.0673. The van der Waals surface area contributed by atoms with Gasteiger partial charge in [0.2, 0.25) is 11.7 Å². The average Bonchev–Trinajstić information content (AvgIpc) is 3.21. The van der Waals surface area contributed by atoms with Crippen LogP contribution in [-0.2, 0) is 16.8 Å². The zero-order chi connectivity index (χ0) is 21.6. The Kier molecular flexibility index (Phi) is 6.67. The largest absolute Gasteiger partial charge is 0.484 e. The Morgan fingerprint density at radius 3 is 2.47 bits per heavy atom. The summed E-state index contributed by atoms with van der Waals surface area (Å²) in [7, 11) is 0. The molecule has 0 bridgehead atoms. The minimum Gasteiger partial charge on any atom is -0.484 e. The van der Waals surface area contributed by atoms with E-state index in [4.69, 9.17) is 9.26 Å². The van der Waals surface area contributed by atoms with Gasteiger partial charge in [0, 0.05) is 12.1 Å². The molecular weight excluding hydrogens is 378 g/mol. The maximum absolute atomic E-state index is 12.7. The highest BCUT2D eigenvalue weighted by Gasteiger charge is 2.18. The van der Waals surface area contributed by atoms with Gasteiger partial charge in [-0.25, -0.2) is 0 Å². The summed E-state index contributed by atoms with van der Waals surface area (Å²) in [6, 6.07) is 17.3. The van der Waals surface area contributed by atoms with E-state index in [-0.39, 0.29) is 24.5 Å². The van der Waals surface area contributed by atoms with Crippen LogP contribution in [0.4, 0.5) is 0 Å². The molecule has 1 heterocycles. The lowest BCUT2D eigenvalue weighted by atomic mass is 9.87. The van der Waals surface area contributed by atoms with Crippen molar-refractivity contribution in [2.45, 2.75) is 32.7 Å².